The summed E-state index contributed by atoms with van der Waals surface area (Å²) >= 11 is 0. The molecule has 0 radical (unpaired) electrons. The molecular formula is C19H33IN4O. The first-order valence-corrected chi connectivity index (χ1v) is 9.06. The molecule has 0 amide bonds. The van der Waals surface area contributed by atoms with Crippen LogP contribution in [0.4, 0.5) is 0 Å². The number of hydrogen-bond acceptors (Lipinski definition) is 3. The second kappa shape index (κ2) is 12.4. The molecule has 1 aromatic rings. The number of nitrogens with zero attached hydrogens (tertiary/aromatic N) is 3. The van der Waals surface area contributed by atoms with Crippen molar-refractivity contribution in [3.63, 3.8) is 0 Å². The Balaban J connectivity index is 0.00000312. The van der Waals surface area contributed by atoms with Crippen LogP contribution in [0.2, 0.25) is 0 Å². The number of guanidine groups is 1. The first-order valence-electron chi connectivity index (χ1n) is 9.06. The first-order chi connectivity index (χ1) is 11.8. The summed E-state index contributed by atoms with van der Waals surface area (Å²) in [6.07, 6.45) is 9.73. The van der Waals surface area contributed by atoms with Crippen molar-refractivity contribution in [2.75, 3.05) is 40.3 Å². The van der Waals surface area contributed by atoms with E-state index >= 15 is 0 Å². The third kappa shape index (κ3) is 7.01. The Morgan fingerprint density at radius 1 is 1.44 bits per heavy atom. The summed E-state index contributed by atoms with van der Waals surface area (Å²) in [5.41, 5.74) is 0. The Morgan fingerprint density at radius 3 is 2.80 bits per heavy atom. The van der Waals surface area contributed by atoms with Crippen molar-refractivity contribution < 1.29 is 4.42 Å². The summed E-state index contributed by atoms with van der Waals surface area (Å²) in [6.45, 7) is 7.85. The molecule has 1 fully saturated rings. The summed E-state index contributed by atoms with van der Waals surface area (Å²) in [4.78, 5) is 9.13. The number of piperidine rings is 1. The Kier molecular flexibility index (Phi) is 10.9. The molecule has 25 heavy (non-hydrogen) atoms. The average molecular weight is 460 g/mol. The fourth-order valence-corrected chi connectivity index (χ4v) is 3.27. The van der Waals surface area contributed by atoms with E-state index in [1.165, 1.54) is 19.3 Å². The number of nitrogens with one attached hydrogen (secondary N) is 1. The molecule has 1 atom stereocenters. The lowest BCUT2D eigenvalue weighted by Crippen LogP contribution is -2.45. The number of likely N-dealkylation sites (tertiary alicyclic amines) is 1. The van der Waals surface area contributed by atoms with E-state index in [-0.39, 0.29) is 30.0 Å². The molecule has 2 rings (SSSR count). The normalized spacial score (nSPS) is 16.8. The molecule has 0 saturated carbocycles. The van der Waals surface area contributed by atoms with Crippen molar-refractivity contribution in [1.82, 2.24) is 15.1 Å². The van der Waals surface area contributed by atoms with E-state index in [1.807, 2.05) is 19.2 Å². The maximum atomic E-state index is 5.71. The maximum Gasteiger partial charge on any atom is 0.193 e. The number of rotatable bonds is 8. The Hall–Kier alpha value is -1.02. The molecule has 1 aromatic heterocycles. The topological polar surface area (TPSA) is 44.0 Å². The molecule has 1 unspecified atom stereocenters. The van der Waals surface area contributed by atoms with Crippen LogP contribution in [0.25, 0.3) is 0 Å². The molecule has 1 N–H and O–H groups in total. The minimum atomic E-state index is 0. The number of hydrogen-bond donors (Lipinski definition) is 1. The van der Waals surface area contributed by atoms with Crippen LogP contribution in [0.5, 0.6) is 0 Å². The monoisotopic (exact) mass is 460 g/mol. The summed E-state index contributed by atoms with van der Waals surface area (Å²) in [6, 6.07) is 4.32. The van der Waals surface area contributed by atoms with Gasteiger partial charge in [0, 0.05) is 27.2 Å². The van der Waals surface area contributed by atoms with Gasteiger partial charge in [0.05, 0.1) is 12.3 Å². The standard InChI is InChI=1S/C19H32N4O.HI/c1-4-5-7-12-22(3)19(20-2)21-16-17(18-11-10-15-24-18)23-13-8-6-9-14-23;/h4,10-11,15,17H,1,5-9,12-14,16H2,2-3H3,(H,20,21);1H. The predicted octanol–water partition coefficient (Wildman–Crippen LogP) is 3.90. The summed E-state index contributed by atoms with van der Waals surface area (Å²) in [7, 11) is 3.93. The minimum Gasteiger partial charge on any atom is -0.468 e. The van der Waals surface area contributed by atoms with Crippen LogP contribution in [0, 0.1) is 0 Å². The maximum absolute atomic E-state index is 5.71. The minimum absolute atomic E-state index is 0. The fourth-order valence-electron chi connectivity index (χ4n) is 3.27. The van der Waals surface area contributed by atoms with Gasteiger partial charge in [0.25, 0.3) is 0 Å². The van der Waals surface area contributed by atoms with Gasteiger partial charge in [-0.25, -0.2) is 0 Å². The molecule has 142 valence electrons. The van der Waals surface area contributed by atoms with Crippen LogP contribution in [0.1, 0.15) is 43.9 Å². The van der Waals surface area contributed by atoms with Crippen molar-refractivity contribution in [1.29, 1.82) is 0 Å². The summed E-state index contributed by atoms with van der Waals surface area (Å²) < 4.78 is 5.71. The predicted molar refractivity (Wildman–Crippen MR) is 116 cm³/mol. The third-order valence-electron chi connectivity index (χ3n) is 4.63. The van der Waals surface area contributed by atoms with Crippen molar-refractivity contribution in [2.45, 2.75) is 38.1 Å². The molecule has 6 heteroatoms. The smallest absolute Gasteiger partial charge is 0.193 e. The Bertz CT molecular complexity index is 498. The van der Waals surface area contributed by atoms with Gasteiger partial charge in [-0.15, -0.1) is 30.6 Å². The molecule has 1 aliphatic rings. The van der Waals surface area contributed by atoms with Crippen molar-refractivity contribution in [3.05, 3.63) is 36.8 Å². The van der Waals surface area contributed by atoms with E-state index in [9.17, 15) is 0 Å². The van der Waals surface area contributed by atoms with Crippen molar-refractivity contribution >= 4 is 29.9 Å². The van der Waals surface area contributed by atoms with Gasteiger partial charge in [-0.1, -0.05) is 12.5 Å². The highest BCUT2D eigenvalue weighted by Crippen LogP contribution is 2.24. The molecule has 1 saturated heterocycles. The zero-order valence-electron chi connectivity index (χ0n) is 15.6. The van der Waals surface area contributed by atoms with Crippen LogP contribution in [-0.2, 0) is 0 Å². The molecule has 0 aliphatic carbocycles. The summed E-state index contributed by atoms with van der Waals surface area (Å²) in [5, 5.41) is 3.53. The van der Waals surface area contributed by atoms with Gasteiger partial charge < -0.3 is 14.6 Å². The van der Waals surface area contributed by atoms with Crippen LogP contribution in [-0.4, -0.2) is 56.0 Å². The van der Waals surface area contributed by atoms with Gasteiger partial charge in [0.2, 0.25) is 0 Å². The van der Waals surface area contributed by atoms with Gasteiger partial charge in [-0.3, -0.25) is 9.89 Å². The van der Waals surface area contributed by atoms with E-state index in [0.29, 0.717) is 0 Å². The quantitative estimate of drug-likeness (QED) is 0.210. The van der Waals surface area contributed by atoms with Crippen LogP contribution in [0.15, 0.2) is 40.5 Å². The highest BCUT2D eigenvalue weighted by Gasteiger charge is 2.24. The molecule has 0 bridgehead atoms. The lowest BCUT2D eigenvalue weighted by molar-refractivity contribution is 0.146. The van der Waals surface area contributed by atoms with Crippen molar-refractivity contribution in [2.24, 2.45) is 4.99 Å². The molecule has 2 heterocycles. The highest BCUT2D eigenvalue weighted by atomic mass is 127. The number of allylic oxidation sites excluding steroid dienone is 1. The SMILES string of the molecule is C=CCCCN(C)C(=NC)NCC(c1ccco1)N1CCCCC1.I. The molecule has 5 nitrogen and oxygen atoms in total. The number of halogens is 1. The van der Waals surface area contributed by atoms with E-state index < -0.39 is 0 Å². The van der Waals surface area contributed by atoms with E-state index in [1.54, 1.807) is 6.26 Å². The second-order valence-electron chi connectivity index (χ2n) is 6.41. The second-order valence-corrected chi connectivity index (χ2v) is 6.41. The van der Waals surface area contributed by atoms with Crippen molar-refractivity contribution in [3.8, 4) is 0 Å². The van der Waals surface area contributed by atoms with Crippen LogP contribution < -0.4 is 5.32 Å². The van der Waals surface area contributed by atoms with E-state index in [0.717, 1.165) is 50.7 Å². The van der Waals surface area contributed by atoms with E-state index in [4.69, 9.17) is 4.42 Å². The third-order valence-corrected chi connectivity index (χ3v) is 4.63. The van der Waals surface area contributed by atoms with Crippen LogP contribution in [0.3, 0.4) is 0 Å². The lowest BCUT2D eigenvalue weighted by atomic mass is 10.1. The molecular weight excluding hydrogens is 427 g/mol. The lowest BCUT2D eigenvalue weighted by Gasteiger charge is -2.34. The van der Waals surface area contributed by atoms with Crippen LogP contribution >= 0.6 is 24.0 Å². The molecule has 0 spiro atoms. The van der Waals surface area contributed by atoms with Gasteiger partial charge in [0.1, 0.15) is 5.76 Å². The van der Waals surface area contributed by atoms with Gasteiger partial charge in [-0.05, 0) is 50.9 Å². The Morgan fingerprint density at radius 2 is 2.20 bits per heavy atom. The number of furan rings is 1. The van der Waals surface area contributed by atoms with Gasteiger partial charge >= 0.3 is 0 Å². The molecule has 1 aliphatic heterocycles. The summed E-state index contributed by atoms with van der Waals surface area (Å²) in [5.74, 6) is 1.97. The average Bonchev–Trinajstić information content (AvgIpc) is 3.14. The highest BCUT2D eigenvalue weighted by molar-refractivity contribution is 14.0. The number of unbranched alkanes of at least 4 members (excludes halogenated alkanes) is 1. The largest absolute Gasteiger partial charge is 0.468 e. The zero-order valence-corrected chi connectivity index (χ0v) is 17.9. The number of aliphatic imine (C=N–C) groups is 1. The first kappa shape index (κ1) is 22.0. The van der Waals surface area contributed by atoms with Gasteiger partial charge in [0.15, 0.2) is 5.96 Å². The van der Waals surface area contributed by atoms with Gasteiger partial charge in [-0.2, -0.15) is 0 Å². The van der Waals surface area contributed by atoms with E-state index in [2.05, 4.69) is 39.8 Å². The molecule has 0 aromatic carbocycles. The Labute approximate surface area is 169 Å². The fraction of sp³-hybridized carbons (Fsp3) is 0.632. The zero-order chi connectivity index (χ0) is 17.2.